The number of hydrogen-bond acceptors (Lipinski definition) is 3. The largest absolute Gasteiger partial charge is 0.354 e. The lowest BCUT2D eigenvalue weighted by Crippen LogP contribution is -2.66. The topological polar surface area (TPSA) is 44.7 Å². The van der Waals surface area contributed by atoms with Crippen LogP contribution in [0.15, 0.2) is 4.99 Å². The molecule has 3 aliphatic heterocycles. The zero-order valence-electron chi connectivity index (χ0n) is 17.0. The number of aliphatic imine (C=N–C) groups is 1. The van der Waals surface area contributed by atoms with Gasteiger partial charge in [-0.2, -0.15) is 0 Å². The van der Waals surface area contributed by atoms with Crippen LogP contribution in [-0.4, -0.2) is 48.2 Å². The van der Waals surface area contributed by atoms with Gasteiger partial charge in [0.25, 0.3) is 0 Å². The highest BCUT2D eigenvalue weighted by atomic mass is 16.2. The van der Waals surface area contributed by atoms with E-state index in [1.165, 1.54) is 6.42 Å². The Morgan fingerprint density at radius 1 is 1.20 bits per heavy atom. The van der Waals surface area contributed by atoms with E-state index in [9.17, 15) is 4.79 Å². The molecule has 0 unspecified atom stereocenters. The molecule has 3 heterocycles. The lowest BCUT2D eigenvalue weighted by atomic mass is 9.59. The van der Waals surface area contributed by atoms with Gasteiger partial charge in [0.1, 0.15) is 0 Å². The summed E-state index contributed by atoms with van der Waals surface area (Å²) in [5, 5.41) is 3.24. The number of nitrogens with one attached hydrogen (secondary N) is 1. The maximum atomic E-state index is 13.4. The van der Waals surface area contributed by atoms with Crippen molar-refractivity contribution in [1.29, 1.82) is 0 Å². The van der Waals surface area contributed by atoms with E-state index in [4.69, 9.17) is 4.99 Å². The molecule has 0 aromatic rings. The predicted molar refractivity (Wildman–Crippen MR) is 104 cm³/mol. The van der Waals surface area contributed by atoms with Crippen LogP contribution in [0.25, 0.3) is 0 Å². The fraction of sp³-hybridized carbons (Fsp3) is 0.905. The van der Waals surface area contributed by atoms with Crippen LogP contribution in [0.4, 0.5) is 0 Å². The summed E-state index contributed by atoms with van der Waals surface area (Å²) in [6.07, 6.45) is 4.48. The molecule has 1 aliphatic carbocycles. The van der Waals surface area contributed by atoms with Crippen molar-refractivity contribution in [3.63, 3.8) is 0 Å². The van der Waals surface area contributed by atoms with Crippen LogP contribution in [-0.2, 0) is 4.79 Å². The molecular weight excluding hydrogens is 310 g/mol. The third kappa shape index (κ3) is 3.27. The molecule has 4 bridgehead atoms. The summed E-state index contributed by atoms with van der Waals surface area (Å²) in [6.45, 7) is 16.4. The first-order chi connectivity index (χ1) is 11.8. The smallest absolute Gasteiger partial charge is 0.249 e. The van der Waals surface area contributed by atoms with E-state index in [2.05, 4.69) is 58.0 Å². The van der Waals surface area contributed by atoms with Gasteiger partial charge in [0.2, 0.25) is 5.91 Å². The lowest BCUT2D eigenvalue weighted by molar-refractivity contribution is -0.132. The summed E-state index contributed by atoms with van der Waals surface area (Å²) in [7, 11) is 0. The van der Waals surface area contributed by atoms with Crippen molar-refractivity contribution < 1.29 is 4.79 Å². The van der Waals surface area contributed by atoms with Crippen LogP contribution in [0, 0.1) is 35.5 Å². The second-order valence-electron chi connectivity index (χ2n) is 9.89. The average Bonchev–Trinajstić information content (AvgIpc) is 2.76. The Morgan fingerprint density at radius 3 is 2.52 bits per heavy atom. The van der Waals surface area contributed by atoms with Crippen molar-refractivity contribution in [1.82, 2.24) is 10.2 Å². The van der Waals surface area contributed by atoms with Crippen LogP contribution in [0.1, 0.15) is 54.4 Å². The van der Waals surface area contributed by atoms with Crippen molar-refractivity contribution in [2.75, 3.05) is 19.6 Å². The highest BCUT2D eigenvalue weighted by Gasteiger charge is 2.67. The minimum atomic E-state index is -0.530. The molecule has 4 heteroatoms. The third-order valence-corrected chi connectivity index (χ3v) is 6.29. The maximum Gasteiger partial charge on any atom is 0.249 e. The number of hydrogen-bond donors (Lipinski definition) is 1. The molecule has 1 amide bonds. The van der Waals surface area contributed by atoms with E-state index < -0.39 is 5.54 Å². The van der Waals surface area contributed by atoms with Gasteiger partial charge >= 0.3 is 0 Å². The van der Waals surface area contributed by atoms with Crippen LogP contribution in [0.3, 0.4) is 0 Å². The summed E-state index contributed by atoms with van der Waals surface area (Å²) in [6, 6.07) is 0.290. The molecule has 1 saturated heterocycles. The van der Waals surface area contributed by atoms with Crippen LogP contribution in [0.5, 0.6) is 0 Å². The van der Waals surface area contributed by atoms with Gasteiger partial charge < -0.3 is 5.32 Å². The molecule has 4 aliphatic rings. The first-order valence-electron chi connectivity index (χ1n) is 10.3. The Bertz CT molecular complexity index is 527. The van der Waals surface area contributed by atoms with Crippen molar-refractivity contribution in [2.45, 2.75) is 66.0 Å². The molecular formula is C21H37N3O. The van der Waals surface area contributed by atoms with Gasteiger partial charge in [-0.3, -0.25) is 14.7 Å². The second kappa shape index (κ2) is 7.02. The first kappa shape index (κ1) is 18.9. The number of carbonyl (C=O) groups excluding carboxylic acids is 1. The lowest BCUT2D eigenvalue weighted by Gasteiger charge is -2.51. The van der Waals surface area contributed by atoms with Crippen LogP contribution in [0.2, 0.25) is 0 Å². The Morgan fingerprint density at radius 2 is 1.92 bits per heavy atom. The quantitative estimate of drug-likeness (QED) is 0.768. The van der Waals surface area contributed by atoms with Gasteiger partial charge in [-0.25, -0.2) is 0 Å². The van der Waals surface area contributed by atoms with E-state index in [1.807, 2.05) is 0 Å². The minimum absolute atomic E-state index is 0.186. The van der Waals surface area contributed by atoms with Gasteiger partial charge in [-0.05, 0) is 42.4 Å². The van der Waals surface area contributed by atoms with Crippen LogP contribution >= 0.6 is 0 Å². The third-order valence-electron chi connectivity index (χ3n) is 6.29. The number of nitrogens with zero attached hydrogens (tertiary/aromatic N) is 2. The van der Waals surface area contributed by atoms with Crippen molar-refractivity contribution >= 4 is 12.1 Å². The highest BCUT2D eigenvalue weighted by Crippen LogP contribution is 2.55. The number of rotatable bonds is 7. The normalized spacial score (nSPS) is 36.8. The molecule has 5 atom stereocenters. The minimum Gasteiger partial charge on any atom is -0.354 e. The van der Waals surface area contributed by atoms with Crippen LogP contribution < -0.4 is 5.32 Å². The Labute approximate surface area is 153 Å². The number of amides is 1. The predicted octanol–water partition coefficient (Wildman–Crippen LogP) is 3.22. The van der Waals surface area contributed by atoms with Gasteiger partial charge in [-0.1, -0.05) is 41.5 Å². The highest BCUT2D eigenvalue weighted by molar-refractivity contribution is 5.92. The molecule has 1 saturated carbocycles. The molecule has 0 aromatic heterocycles. The van der Waals surface area contributed by atoms with E-state index in [0.717, 1.165) is 26.1 Å². The standard InChI is InChI=1S/C21H37N3O/c1-13(2)7-18-16-8-17-12-24(11-15(5)6)19(18)21(17,23-10-16)20(25)22-9-14(3)4/h10,13-19H,7-9,11-12H2,1-6H3,(H,22,25)/t16-,17-,18+,19-,21-/m0/s1. The Balaban J connectivity index is 1.93. The van der Waals surface area contributed by atoms with Crippen molar-refractivity contribution in [3.8, 4) is 0 Å². The molecule has 0 radical (unpaired) electrons. The second-order valence-corrected chi connectivity index (χ2v) is 9.89. The van der Waals surface area contributed by atoms with Gasteiger partial charge in [0, 0.05) is 37.8 Å². The molecule has 1 N–H and O–H groups in total. The number of likely N-dealkylation sites (tertiary alicyclic amines) is 1. The summed E-state index contributed by atoms with van der Waals surface area (Å²) in [5.41, 5.74) is -0.530. The molecule has 0 aromatic carbocycles. The molecule has 0 spiro atoms. The summed E-state index contributed by atoms with van der Waals surface area (Å²) < 4.78 is 0. The summed E-state index contributed by atoms with van der Waals surface area (Å²) in [5.74, 6) is 3.47. The van der Waals surface area contributed by atoms with Gasteiger partial charge in [-0.15, -0.1) is 0 Å². The molecule has 25 heavy (non-hydrogen) atoms. The van der Waals surface area contributed by atoms with Crippen molar-refractivity contribution in [2.24, 2.45) is 40.5 Å². The molecule has 142 valence electrons. The Hall–Kier alpha value is -0.900. The average molecular weight is 348 g/mol. The van der Waals surface area contributed by atoms with Gasteiger partial charge in [0.05, 0.1) is 0 Å². The molecule has 2 fully saturated rings. The zero-order chi connectivity index (χ0) is 18.4. The van der Waals surface area contributed by atoms with Gasteiger partial charge in [0.15, 0.2) is 5.54 Å². The summed E-state index contributed by atoms with van der Waals surface area (Å²) in [4.78, 5) is 20.9. The fourth-order valence-electron chi connectivity index (χ4n) is 5.54. The van der Waals surface area contributed by atoms with Crippen molar-refractivity contribution in [3.05, 3.63) is 0 Å². The molecule has 4 nitrogen and oxygen atoms in total. The monoisotopic (exact) mass is 347 g/mol. The van der Waals surface area contributed by atoms with E-state index >= 15 is 0 Å². The first-order valence-corrected chi connectivity index (χ1v) is 10.3. The molecule has 4 rings (SSSR count). The van der Waals surface area contributed by atoms with E-state index in [0.29, 0.717) is 41.5 Å². The SMILES string of the molecule is CC(C)CNC(=O)[C@]12N=C[C@@H]3C[C@H]1CN(CC(C)C)[C@H]2[C@@H]3CC(C)C. The Kier molecular flexibility index (Phi) is 5.30. The fourth-order valence-corrected chi connectivity index (χ4v) is 5.54. The van der Waals surface area contributed by atoms with E-state index in [1.54, 1.807) is 0 Å². The zero-order valence-corrected chi connectivity index (χ0v) is 17.0. The maximum absolute atomic E-state index is 13.4. The van der Waals surface area contributed by atoms with E-state index in [-0.39, 0.29) is 5.91 Å². The number of carbonyl (C=O) groups is 1. The summed E-state index contributed by atoms with van der Waals surface area (Å²) >= 11 is 0.